The first-order chi connectivity index (χ1) is 17.5. The molecule has 1 amide bonds. The highest BCUT2D eigenvalue weighted by molar-refractivity contribution is 6.31. The van der Waals surface area contributed by atoms with Gasteiger partial charge in [0.05, 0.1) is 47.8 Å². The van der Waals surface area contributed by atoms with Gasteiger partial charge in [0.2, 0.25) is 0 Å². The summed E-state index contributed by atoms with van der Waals surface area (Å²) in [5.41, 5.74) is 2.05. The quantitative estimate of drug-likeness (QED) is 0.458. The van der Waals surface area contributed by atoms with E-state index in [9.17, 15) is 9.59 Å². The smallest absolute Gasteiger partial charge is 0.263 e. The maximum absolute atomic E-state index is 12.6. The SMILES string of the molecule is COc1cnc2ccc(=O)n(CCN3CCO[C@@H](CNCc4nc5c(cc4Cl)OCC(=O)N5)C3)c2c1. The van der Waals surface area contributed by atoms with Crippen molar-refractivity contribution in [2.24, 2.45) is 0 Å². The molecule has 2 aliphatic heterocycles. The molecule has 1 atom stereocenters. The minimum absolute atomic E-state index is 0.0239. The Morgan fingerprint density at radius 3 is 3.03 bits per heavy atom. The molecule has 36 heavy (non-hydrogen) atoms. The van der Waals surface area contributed by atoms with Crippen molar-refractivity contribution in [2.75, 3.05) is 51.8 Å². The first-order valence-corrected chi connectivity index (χ1v) is 12.1. The highest BCUT2D eigenvalue weighted by Gasteiger charge is 2.22. The van der Waals surface area contributed by atoms with Crippen molar-refractivity contribution in [2.45, 2.75) is 19.2 Å². The Hall–Kier alpha value is -3.25. The molecule has 0 bridgehead atoms. The molecule has 3 aromatic heterocycles. The highest BCUT2D eigenvalue weighted by Crippen LogP contribution is 2.30. The fourth-order valence-electron chi connectivity index (χ4n) is 4.34. The van der Waals surface area contributed by atoms with Gasteiger partial charge in [-0.25, -0.2) is 4.98 Å². The fraction of sp³-hybridized carbons (Fsp3) is 0.417. The van der Waals surface area contributed by atoms with Gasteiger partial charge in [0.25, 0.3) is 11.5 Å². The van der Waals surface area contributed by atoms with E-state index in [1.54, 1.807) is 36.1 Å². The van der Waals surface area contributed by atoms with Gasteiger partial charge >= 0.3 is 0 Å². The van der Waals surface area contributed by atoms with Crippen LogP contribution in [-0.4, -0.2) is 77.9 Å². The molecule has 3 aromatic rings. The van der Waals surface area contributed by atoms with E-state index in [1.807, 2.05) is 6.07 Å². The fourth-order valence-corrected chi connectivity index (χ4v) is 4.54. The topological polar surface area (TPSA) is 120 Å². The number of anilines is 1. The number of ether oxygens (including phenoxy) is 3. The number of morpholine rings is 1. The standard InChI is InChI=1S/C24H27ClN6O5/c1-34-15-8-20-18(27-11-15)2-3-23(33)31(20)5-4-30-6-7-35-16(13-30)10-26-12-19-17(25)9-21-24(28-19)29-22(32)14-36-21/h2-3,8-9,11,16,26H,4-7,10,12-14H2,1H3,(H,28,29,32)/t16-/m0/s1. The average molecular weight is 515 g/mol. The molecule has 11 nitrogen and oxygen atoms in total. The number of rotatable bonds is 8. The first-order valence-electron chi connectivity index (χ1n) is 11.7. The van der Waals surface area contributed by atoms with Crippen molar-refractivity contribution >= 4 is 34.4 Å². The van der Waals surface area contributed by atoms with Gasteiger partial charge in [0.1, 0.15) is 5.75 Å². The van der Waals surface area contributed by atoms with Gasteiger partial charge in [-0.15, -0.1) is 0 Å². The number of hydrogen-bond donors (Lipinski definition) is 2. The number of nitrogens with zero attached hydrogens (tertiary/aromatic N) is 4. The molecule has 0 unspecified atom stereocenters. The van der Waals surface area contributed by atoms with E-state index in [0.717, 1.165) is 24.1 Å². The van der Waals surface area contributed by atoms with Crippen LogP contribution in [0.15, 0.2) is 35.3 Å². The lowest BCUT2D eigenvalue weighted by Gasteiger charge is -2.33. The summed E-state index contributed by atoms with van der Waals surface area (Å²) in [5.74, 6) is 1.22. The van der Waals surface area contributed by atoms with E-state index in [0.29, 0.717) is 60.8 Å². The van der Waals surface area contributed by atoms with E-state index in [4.69, 9.17) is 25.8 Å². The number of methoxy groups -OCH3 is 1. The van der Waals surface area contributed by atoms with Crippen molar-refractivity contribution in [1.29, 1.82) is 0 Å². The number of pyridine rings is 3. The third-order valence-electron chi connectivity index (χ3n) is 6.21. The van der Waals surface area contributed by atoms with Gasteiger partial charge < -0.3 is 29.4 Å². The van der Waals surface area contributed by atoms with Crippen LogP contribution in [0.3, 0.4) is 0 Å². The largest absolute Gasteiger partial charge is 0.495 e. The Labute approximate surface area is 212 Å². The van der Waals surface area contributed by atoms with Gasteiger partial charge in [-0.3, -0.25) is 19.5 Å². The van der Waals surface area contributed by atoms with Crippen molar-refractivity contribution in [3.05, 3.63) is 51.5 Å². The van der Waals surface area contributed by atoms with E-state index in [2.05, 4.69) is 25.5 Å². The Kier molecular flexibility index (Phi) is 7.33. The lowest BCUT2D eigenvalue weighted by atomic mass is 10.2. The number of fused-ring (bicyclic) bond motifs is 2. The zero-order chi connectivity index (χ0) is 25.1. The van der Waals surface area contributed by atoms with Crippen molar-refractivity contribution < 1.29 is 19.0 Å². The average Bonchev–Trinajstić information content (AvgIpc) is 2.88. The molecule has 190 valence electrons. The summed E-state index contributed by atoms with van der Waals surface area (Å²) in [6.07, 6.45) is 1.62. The molecular formula is C24H27ClN6O5. The van der Waals surface area contributed by atoms with Crippen LogP contribution in [0.4, 0.5) is 5.82 Å². The van der Waals surface area contributed by atoms with Crippen LogP contribution >= 0.6 is 11.6 Å². The van der Waals surface area contributed by atoms with Gasteiger partial charge in [-0.1, -0.05) is 11.6 Å². The molecule has 5 rings (SSSR count). The van der Waals surface area contributed by atoms with Gasteiger partial charge in [-0.05, 0) is 6.07 Å². The number of amides is 1. The second-order valence-electron chi connectivity index (χ2n) is 8.63. The van der Waals surface area contributed by atoms with Crippen LogP contribution in [0.1, 0.15) is 5.69 Å². The summed E-state index contributed by atoms with van der Waals surface area (Å²) < 4.78 is 18.3. The van der Waals surface area contributed by atoms with E-state index < -0.39 is 0 Å². The van der Waals surface area contributed by atoms with E-state index >= 15 is 0 Å². The van der Waals surface area contributed by atoms with Crippen molar-refractivity contribution in [3.63, 3.8) is 0 Å². The van der Waals surface area contributed by atoms with Crippen LogP contribution in [0.25, 0.3) is 11.0 Å². The predicted octanol–water partition coefficient (Wildman–Crippen LogP) is 1.27. The molecule has 1 fully saturated rings. The molecule has 0 radical (unpaired) electrons. The normalized spacial score (nSPS) is 17.9. The van der Waals surface area contributed by atoms with Gasteiger partial charge in [-0.2, -0.15) is 0 Å². The summed E-state index contributed by atoms with van der Waals surface area (Å²) in [4.78, 5) is 35.2. The molecule has 0 aromatic carbocycles. The Bertz CT molecular complexity index is 1330. The van der Waals surface area contributed by atoms with Gasteiger partial charge in [0, 0.05) is 57.5 Å². The summed E-state index contributed by atoms with van der Waals surface area (Å²) in [6, 6.07) is 6.78. The van der Waals surface area contributed by atoms with Crippen LogP contribution in [0.5, 0.6) is 11.5 Å². The molecule has 0 saturated carbocycles. The number of nitrogens with one attached hydrogen (secondary N) is 2. The second-order valence-corrected chi connectivity index (χ2v) is 9.03. The summed E-state index contributed by atoms with van der Waals surface area (Å²) in [6.45, 7) is 4.33. The zero-order valence-corrected chi connectivity index (χ0v) is 20.6. The third-order valence-corrected chi connectivity index (χ3v) is 6.53. The lowest BCUT2D eigenvalue weighted by molar-refractivity contribution is -0.118. The molecule has 0 spiro atoms. The minimum Gasteiger partial charge on any atom is -0.495 e. The number of hydrogen-bond acceptors (Lipinski definition) is 9. The van der Waals surface area contributed by atoms with Crippen molar-refractivity contribution in [3.8, 4) is 11.5 Å². The monoisotopic (exact) mass is 514 g/mol. The minimum atomic E-state index is -0.243. The lowest BCUT2D eigenvalue weighted by Crippen LogP contribution is -2.47. The molecule has 2 aliphatic rings. The van der Waals surface area contributed by atoms with Crippen molar-refractivity contribution in [1.82, 2.24) is 24.8 Å². The summed E-state index contributed by atoms with van der Waals surface area (Å²) in [5, 5.41) is 6.50. The van der Waals surface area contributed by atoms with Crippen LogP contribution in [-0.2, 0) is 22.6 Å². The van der Waals surface area contributed by atoms with Crippen LogP contribution in [0, 0.1) is 0 Å². The molecule has 2 N–H and O–H groups in total. The number of carbonyl (C=O) groups is 1. The first kappa shape index (κ1) is 24.4. The van der Waals surface area contributed by atoms with Crippen LogP contribution in [0.2, 0.25) is 5.02 Å². The van der Waals surface area contributed by atoms with Crippen LogP contribution < -0.4 is 25.7 Å². The Morgan fingerprint density at radius 2 is 2.17 bits per heavy atom. The van der Waals surface area contributed by atoms with Gasteiger partial charge in [0.15, 0.2) is 18.2 Å². The second kappa shape index (κ2) is 10.8. The number of carbonyl (C=O) groups excluding carboxylic acids is 1. The molecule has 12 heteroatoms. The maximum Gasteiger partial charge on any atom is 0.263 e. The number of aromatic nitrogens is 3. The summed E-state index contributed by atoms with van der Waals surface area (Å²) >= 11 is 6.34. The zero-order valence-electron chi connectivity index (χ0n) is 19.8. The predicted molar refractivity (Wildman–Crippen MR) is 134 cm³/mol. The Morgan fingerprint density at radius 1 is 1.28 bits per heavy atom. The molecule has 1 saturated heterocycles. The molecule has 0 aliphatic carbocycles. The number of halogens is 1. The molecular weight excluding hydrogens is 488 g/mol. The van der Waals surface area contributed by atoms with E-state index in [-0.39, 0.29) is 24.2 Å². The maximum atomic E-state index is 12.6. The Balaban J connectivity index is 1.16. The van der Waals surface area contributed by atoms with E-state index in [1.165, 1.54) is 0 Å². The highest BCUT2D eigenvalue weighted by atomic mass is 35.5. The molecule has 5 heterocycles. The summed E-state index contributed by atoms with van der Waals surface area (Å²) in [7, 11) is 1.58. The third kappa shape index (κ3) is 5.44.